The Kier molecular flexibility index (Phi) is 12.1. The second-order valence-corrected chi connectivity index (χ2v) is 17.0. The number of ether oxygens (including phenoxy) is 2. The summed E-state index contributed by atoms with van der Waals surface area (Å²) in [4.78, 5) is 12.7. The molecule has 5 N–H and O–H groups in total. The number of aliphatic hydroxyl groups excluding tert-OH is 1. The minimum Gasteiger partial charge on any atom is -0.465 e. The van der Waals surface area contributed by atoms with Gasteiger partial charge in [-0.15, -0.1) is 0 Å². The summed E-state index contributed by atoms with van der Waals surface area (Å²) in [6, 6.07) is 6.57. The van der Waals surface area contributed by atoms with E-state index in [2.05, 4.69) is 20.8 Å². The van der Waals surface area contributed by atoms with E-state index >= 15 is 8.78 Å². The number of aliphatic hydroxyl groups is 1. The van der Waals surface area contributed by atoms with Crippen LogP contribution in [-0.4, -0.2) is 29.4 Å². The van der Waals surface area contributed by atoms with Crippen LogP contribution < -0.4 is 20.9 Å². The van der Waals surface area contributed by atoms with Gasteiger partial charge in [-0.05, 0) is 104 Å². The number of unbranched alkanes of at least 4 members (excludes halogenated alkanes) is 5. The lowest BCUT2D eigenvalue weighted by Crippen LogP contribution is -2.56. The minimum atomic E-state index is -1.01. The van der Waals surface area contributed by atoms with Gasteiger partial charge in [0.15, 0.2) is 6.29 Å². The molecule has 2 aromatic rings. The van der Waals surface area contributed by atoms with Gasteiger partial charge in [0, 0.05) is 47.9 Å². The number of benzene rings is 2. The van der Waals surface area contributed by atoms with Crippen LogP contribution in [0.15, 0.2) is 24.3 Å². The highest BCUT2D eigenvalue weighted by Crippen LogP contribution is 2.50. The molecular weight excluding hydrogens is 646 g/mol. The maximum atomic E-state index is 15.5. The molecule has 4 bridgehead atoms. The number of nitrogens with two attached hydrogens (primary N) is 2. The van der Waals surface area contributed by atoms with Crippen molar-refractivity contribution in [1.29, 1.82) is 0 Å². The molecule has 2 aromatic carbocycles. The largest absolute Gasteiger partial charge is 0.465 e. The molecule has 2 fully saturated rings. The molecule has 0 radical (unpaired) electrons. The minimum absolute atomic E-state index is 0.0214. The van der Waals surface area contributed by atoms with Crippen LogP contribution in [0.3, 0.4) is 0 Å². The van der Waals surface area contributed by atoms with E-state index < -0.39 is 6.29 Å². The summed E-state index contributed by atoms with van der Waals surface area (Å²) in [6.45, 7) is 6.59. The summed E-state index contributed by atoms with van der Waals surface area (Å²) in [5, 5.41) is 10.7. The second-order valence-electron chi connectivity index (χ2n) is 17.0. The lowest BCUT2D eigenvalue weighted by atomic mass is 9.56. The molecule has 0 aromatic heterocycles. The van der Waals surface area contributed by atoms with Crippen LogP contribution >= 0.6 is 0 Å². The van der Waals surface area contributed by atoms with Gasteiger partial charge in [0.05, 0.1) is 0 Å². The van der Waals surface area contributed by atoms with E-state index in [0.29, 0.717) is 37.4 Å². The summed E-state index contributed by atoms with van der Waals surface area (Å²) in [7, 11) is 0. The zero-order valence-electron chi connectivity index (χ0n) is 31.3. The smallest absolute Gasteiger partial charge is 0.311 e. The number of halogens is 2. The lowest BCUT2D eigenvalue weighted by Gasteiger charge is -2.50. The summed E-state index contributed by atoms with van der Waals surface area (Å²) in [6.07, 6.45) is 16.1. The molecule has 8 atom stereocenters. The van der Waals surface area contributed by atoms with Crippen molar-refractivity contribution >= 4 is 5.97 Å². The standard InChI is InChI=1S/C43H62F2N2O4/c1-27-15-12-13-17-29-22-33-35(43(27,3)41(29)47)24-31(26-37(33)45)51-39(49)19-11-7-5-4-6-10-18-38(48)50-30-23-34-32(36(44)25-30)21-28-16-9-8-14-20-42(34,2)40(28)46/h23-29,39-41,49H,4-22,46-47H2,1-3H3/t27-,28-,29-,39?,40-,41-,42+,43+/m0/s1. The Bertz CT molecular complexity index is 1530. The fourth-order valence-corrected chi connectivity index (χ4v) is 10.3. The first-order chi connectivity index (χ1) is 24.4. The van der Waals surface area contributed by atoms with Crippen molar-refractivity contribution in [2.45, 2.75) is 172 Å². The number of fused-ring (bicyclic) bond motifs is 8. The molecule has 0 amide bonds. The summed E-state index contributed by atoms with van der Waals surface area (Å²) in [5.41, 5.74) is 16.4. The Morgan fingerprint density at radius 1 is 0.804 bits per heavy atom. The van der Waals surface area contributed by atoms with Crippen molar-refractivity contribution in [3.05, 3.63) is 58.2 Å². The first kappa shape index (κ1) is 38.2. The van der Waals surface area contributed by atoms with Crippen molar-refractivity contribution in [3.8, 4) is 11.5 Å². The number of hydrogen-bond donors (Lipinski definition) is 3. The monoisotopic (exact) mass is 708 g/mol. The number of carbonyl (C=O) groups excluding carboxylic acids is 1. The number of rotatable bonds is 12. The molecule has 0 saturated heterocycles. The number of hydrogen-bond acceptors (Lipinski definition) is 6. The Morgan fingerprint density at radius 3 is 2.14 bits per heavy atom. The summed E-state index contributed by atoms with van der Waals surface area (Å²) >= 11 is 0. The maximum Gasteiger partial charge on any atom is 0.311 e. The molecule has 0 heterocycles. The van der Waals surface area contributed by atoms with Gasteiger partial charge in [-0.3, -0.25) is 4.79 Å². The molecule has 8 heteroatoms. The van der Waals surface area contributed by atoms with E-state index in [1.807, 2.05) is 12.1 Å². The van der Waals surface area contributed by atoms with Gasteiger partial charge >= 0.3 is 5.97 Å². The second kappa shape index (κ2) is 16.2. The van der Waals surface area contributed by atoms with Crippen LogP contribution in [0.5, 0.6) is 11.5 Å². The van der Waals surface area contributed by atoms with Crippen LogP contribution in [0.1, 0.15) is 152 Å². The van der Waals surface area contributed by atoms with E-state index in [9.17, 15) is 9.90 Å². The van der Waals surface area contributed by atoms with Crippen LogP contribution in [-0.2, 0) is 28.5 Å². The topological polar surface area (TPSA) is 108 Å². The van der Waals surface area contributed by atoms with Gasteiger partial charge in [-0.2, -0.15) is 0 Å². The van der Waals surface area contributed by atoms with Crippen LogP contribution in [0.2, 0.25) is 0 Å². The van der Waals surface area contributed by atoms with E-state index in [-0.39, 0.29) is 64.5 Å². The third kappa shape index (κ3) is 8.03. The van der Waals surface area contributed by atoms with Crippen molar-refractivity contribution in [1.82, 2.24) is 0 Å². The van der Waals surface area contributed by atoms with Crippen LogP contribution in [0.25, 0.3) is 0 Å². The van der Waals surface area contributed by atoms with E-state index in [1.165, 1.54) is 25.0 Å². The molecule has 2 saturated carbocycles. The predicted octanol–water partition coefficient (Wildman–Crippen LogP) is 9.08. The molecule has 4 aliphatic carbocycles. The zero-order chi connectivity index (χ0) is 36.3. The van der Waals surface area contributed by atoms with Crippen molar-refractivity contribution < 1.29 is 28.2 Å². The normalized spacial score (nSPS) is 30.9. The number of esters is 1. The predicted molar refractivity (Wildman–Crippen MR) is 198 cm³/mol. The average molecular weight is 709 g/mol. The zero-order valence-corrected chi connectivity index (χ0v) is 31.3. The molecule has 282 valence electrons. The van der Waals surface area contributed by atoms with E-state index in [1.54, 1.807) is 0 Å². The van der Waals surface area contributed by atoms with Crippen LogP contribution in [0.4, 0.5) is 8.78 Å². The van der Waals surface area contributed by atoms with Crippen molar-refractivity contribution in [2.24, 2.45) is 29.2 Å². The van der Waals surface area contributed by atoms with Gasteiger partial charge in [0.2, 0.25) is 0 Å². The molecule has 4 aliphatic rings. The third-order valence-electron chi connectivity index (χ3n) is 13.8. The summed E-state index contributed by atoms with van der Waals surface area (Å²) < 4.78 is 42.3. The van der Waals surface area contributed by atoms with E-state index in [0.717, 1.165) is 99.3 Å². The Balaban J connectivity index is 0.917. The number of carbonyl (C=O) groups is 1. The maximum absolute atomic E-state index is 15.5. The molecule has 51 heavy (non-hydrogen) atoms. The summed E-state index contributed by atoms with van der Waals surface area (Å²) in [5.74, 6) is 0.680. The lowest BCUT2D eigenvalue weighted by molar-refractivity contribution is -0.134. The van der Waals surface area contributed by atoms with E-state index in [4.69, 9.17) is 20.9 Å². The van der Waals surface area contributed by atoms with Crippen molar-refractivity contribution in [2.75, 3.05) is 0 Å². The highest BCUT2D eigenvalue weighted by molar-refractivity contribution is 5.72. The average Bonchev–Trinajstić information content (AvgIpc) is 3.08. The van der Waals surface area contributed by atoms with Gasteiger partial charge in [-0.25, -0.2) is 8.78 Å². The first-order valence-corrected chi connectivity index (χ1v) is 20.1. The quantitative estimate of drug-likeness (QED) is 0.0879. The molecule has 1 unspecified atom stereocenters. The van der Waals surface area contributed by atoms with Crippen molar-refractivity contribution in [3.63, 3.8) is 0 Å². The van der Waals surface area contributed by atoms with Gasteiger partial charge in [0.25, 0.3) is 0 Å². The highest BCUT2D eigenvalue weighted by Gasteiger charge is 2.49. The molecule has 0 aliphatic heterocycles. The highest BCUT2D eigenvalue weighted by atomic mass is 19.1. The molecule has 0 spiro atoms. The van der Waals surface area contributed by atoms with Crippen LogP contribution in [0, 0.1) is 29.4 Å². The molecule has 6 rings (SSSR count). The fourth-order valence-electron chi connectivity index (χ4n) is 10.3. The van der Waals surface area contributed by atoms with Gasteiger partial charge < -0.3 is 26.0 Å². The SMILES string of the molecule is C[C@H]1CCCC[C@H]2Cc3c(F)cc(OC(O)CCCCCCCCC(=O)Oc4cc(F)c5c(c4)[C@@]4(C)CCCCC[C@@H](C5)[C@@H]4N)cc3[C@]1(C)[C@H]2N. The molecule has 6 nitrogen and oxygen atoms in total. The van der Waals surface area contributed by atoms with Gasteiger partial charge in [-0.1, -0.05) is 78.6 Å². The Morgan fingerprint density at radius 2 is 1.39 bits per heavy atom. The molecular formula is C43H62F2N2O4. The Hall–Kier alpha value is -2.55. The van der Waals surface area contributed by atoms with Gasteiger partial charge in [0.1, 0.15) is 23.1 Å². The first-order valence-electron chi connectivity index (χ1n) is 20.1. The Labute approximate surface area is 304 Å². The fraction of sp³-hybridized carbons (Fsp3) is 0.698. The third-order valence-corrected chi connectivity index (χ3v) is 13.8.